The van der Waals surface area contributed by atoms with Crippen molar-refractivity contribution in [2.45, 2.75) is 44.2 Å². The molecule has 9 nitrogen and oxygen atoms in total. The third kappa shape index (κ3) is 4.90. The lowest BCUT2D eigenvalue weighted by atomic mass is 10.1. The SMILES string of the molecule is Nc1nc2c(c(=O)[nH]1)NCN2CCCCCCCC(F)(F)P(=O)(O)O. The van der Waals surface area contributed by atoms with Gasteiger partial charge in [-0.1, -0.05) is 19.3 Å². The van der Waals surface area contributed by atoms with Crippen LogP contribution in [0.15, 0.2) is 4.79 Å². The minimum atomic E-state index is -5.38. The van der Waals surface area contributed by atoms with Crippen molar-refractivity contribution in [3.8, 4) is 0 Å². The van der Waals surface area contributed by atoms with Gasteiger partial charge in [-0.25, -0.2) is 0 Å². The molecule has 2 rings (SSSR count). The molecule has 2 heterocycles. The van der Waals surface area contributed by atoms with Gasteiger partial charge in [-0.3, -0.25) is 14.3 Å². The van der Waals surface area contributed by atoms with Gasteiger partial charge in [-0.05, 0) is 12.8 Å². The van der Waals surface area contributed by atoms with Crippen LogP contribution < -0.4 is 21.5 Å². The summed E-state index contributed by atoms with van der Waals surface area (Å²) in [5.74, 6) is 0.547. The van der Waals surface area contributed by atoms with Crippen molar-refractivity contribution >= 4 is 25.0 Å². The third-order valence-electron chi connectivity index (χ3n) is 4.00. The highest BCUT2D eigenvalue weighted by Crippen LogP contribution is 2.55. The predicted molar refractivity (Wildman–Crippen MR) is 89.8 cm³/mol. The lowest BCUT2D eigenvalue weighted by molar-refractivity contribution is 0.0476. The van der Waals surface area contributed by atoms with Gasteiger partial charge in [0.25, 0.3) is 5.56 Å². The first kappa shape index (κ1) is 19.6. The highest BCUT2D eigenvalue weighted by Gasteiger charge is 2.47. The zero-order chi connectivity index (χ0) is 18.7. The van der Waals surface area contributed by atoms with E-state index in [-0.39, 0.29) is 17.9 Å². The fourth-order valence-electron chi connectivity index (χ4n) is 2.62. The van der Waals surface area contributed by atoms with Crippen LogP contribution in [-0.2, 0) is 4.57 Å². The van der Waals surface area contributed by atoms with Crippen molar-refractivity contribution in [3.05, 3.63) is 10.4 Å². The summed E-state index contributed by atoms with van der Waals surface area (Å²) >= 11 is 0. The van der Waals surface area contributed by atoms with E-state index in [1.165, 1.54) is 0 Å². The summed E-state index contributed by atoms with van der Waals surface area (Å²) in [6, 6.07) is 0. The lowest BCUT2D eigenvalue weighted by Crippen LogP contribution is -2.24. The number of hydrogen-bond acceptors (Lipinski definition) is 6. The van der Waals surface area contributed by atoms with Crippen molar-refractivity contribution in [1.82, 2.24) is 9.97 Å². The number of anilines is 3. The van der Waals surface area contributed by atoms with Gasteiger partial charge in [0, 0.05) is 13.0 Å². The van der Waals surface area contributed by atoms with Crippen molar-refractivity contribution in [1.29, 1.82) is 0 Å². The lowest BCUT2D eigenvalue weighted by Gasteiger charge is -2.17. The van der Waals surface area contributed by atoms with Crippen molar-refractivity contribution in [2.75, 3.05) is 29.2 Å². The summed E-state index contributed by atoms with van der Waals surface area (Å²) < 4.78 is 36.8. The van der Waals surface area contributed by atoms with Crippen molar-refractivity contribution in [2.24, 2.45) is 0 Å². The largest absolute Gasteiger partial charge is 0.394 e. The second kappa shape index (κ2) is 7.67. The van der Waals surface area contributed by atoms with E-state index in [9.17, 15) is 18.1 Å². The highest BCUT2D eigenvalue weighted by atomic mass is 31.2. The minimum absolute atomic E-state index is 0.0448. The maximum atomic E-state index is 13.1. The van der Waals surface area contributed by atoms with Crippen LogP contribution in [-0.4, -0.2) is 38.6 Å². The molecule has 25 heavy (non-hydrogen) atoms. The summed E-state index contributed by atoms with van der Waals surface area (Å²) in [5.41, 5.74) is 1.64. The molecule has 0 spiro atoms. The molecule has 1 aliphatic rings. The molecule has 0 unspecified atom stereocenters. The molecular weight excluding hydrogens is 359 g/mol. The number of nitrogens with one attached hydrogen (secondary N) is 2. The molecule has 0 aromatic carbocycles. The van der Waals surface area contributed by atoms with Gasteiger partial charge in [0.1, 0.15) is 5.69 Å². The monoisotopic (exact) mass is 381 g/mol. The first-order valence-electron chi connectivity index (χ1n) is 7.94. The number of H-pyrrole nitrogens is 1. The first-order valence-corrected chi connectivity index (χ1v) is 9.55. The number of nitrogens with zero attached hydrogens (tertiary/aromatic N) is 2. The van der Waals surface area contributed by atoms with Gasteiger partial charge >= 0.3 is 13.3 Å². The molecule has 0 bridgehead atoms. The van der Waals surface area contributed by atoms with E-state index in [0.717, 1.165) is 12.8 Å². The van der Waals surface area contributed by atoms with Crippen LogP contribution >= 0.6 is 7.60 Å². The molecule has 0 fully saturated rings. The van der Waals surface area contributed by atoms with Gasteiger partial charge in [-0.2, -0.15) is 13.8 Å². The Bertz CT molecular complexity index is 708. The van der Waals surface area contributed by atoms with Crippen molar-refractivity contribution in [3.63, 3.8) is 0 Å². The van der Waals surface area contributed by atoms with Gasteiger partial charge < -0.3 is 25.7 Å². The molecule has 0 amide bonds. The Kier molecular flexibility index (Phi) is 6.02. The molecule has 1 aromatic heterocycles. The number of aromatic nitrogens is 2. The van der Waals surface area contributed by atoms with Crippen molar-refractivity contribution < 1.29 is 23.1 Å². The Balaban J connectivity index is 1.67. The van der Waals surface area contributed by atoms with Crippen LogP contribution in [0.4, 0.5) is 26.2 Å². The summed E-state index contributed by atoms with van der Waals surface area (Å²) in [4.78, 5) is 37.2. The van der Waals surface area contributed by atoms with E-state index in [1.807, 2.05) is 4.90 Å². The third-order valence-corrected chi connectivity index (χ3v) is 5.07. The summed E-state index contributed by atoms with van der Waals surface area (Å²) in [7, 11) is -5.38. The number of alkyl halides is 2. The van der Waals surface area contributed by atoms with E-state index in [1.54, 1.807) is 0 Å². The summed E-state index contributed by atoms with van der Waals surface area (Å²) in [6.07, 6.45) is 1.92. The number of halogens is 2. The zero-order valence-electron chi connectivity index (χ0n) is 13.5. The van der Waals surface area contributed by atoms with Crippen LogP contribution in [0.5, 0.6) is 0 Å². The van der Waals surface area contributed by atoms with E-state index in [2.05, 4.69) is 15.3 Å². The fraction of sp³-hybridized carbons (Fsp3) is 0.692. The van der Waals surface area contributed by atoms with Crippen LogP contribution in [0.3, 0.4) is 0 Å². The molecule has 0 atom stereocenters. The highest BCUT2D eigenvalue weighted by molar-refractivity contribution is 7.53. The van der Waals surface area contributed by atoms with Gasteiger partial charge in [0.15, 0.2) is 5.82 Å². The fourth-order valence-corrected chi connectivity index (χ4v) is 3.07. The molecule has 0 aliphatic carbocycles. The van der Waals surface area contributed by atoms with E-state index >= 15 is 0 Å². The number of aromatic amines is 1. The van der Waals surface area contributed by atoms with Gasteiger partial charge in [-0.15, -0.1) is 0 Å². The second-order valence-corrected chi connectivity index (χ2v) is 7.72. The second-order valence-electron chi connectivity index (χ2n) is 5.98. The molecule has 142 valence electrons. The van der Waals surface area contributed by atoms with Crippen LogP contribution in [0.2, 0.25) is 0 Å². The Labute approximate surface area is 142 Å². The average Bonchev–Trinajstić information content (AvgIpc) is 2.88. The van der Waals surface area contributed by atoms with Crippen LogP contribution in [0.25, 0.3) is 0 Å². The zero-order valence-corrected chi connectivity index (χ0v) is 14.4. The number of hydrogen-bond donors (Lipinski definition) is 5. The van der Waals surface area contributed by atoms with Crippen LogP contribution in [0.1, 0.15) is 38.5 Å². The van der Waals surface area contributed by atoms with Gasteiger partial charge in [0.2, 0.25) is 5.95 Å². The van der Waals surface area contributed by atoms with E-state index in [0.29, 0.717) is 37.6 Å². The molecule has 1 aromatic rings. The summed E-state index contributed by atoms with van der Waals surface area (Å²) in [6.45, 7) is 1.08. The van der Waals surface area contributed by atoms with E-state index in [4.69, 9.17) is 15.5 Å². The van der Waals surface area contributed by atoms with Crippen LogP contribution in [0, 0.1) is 0 Å². The predicted octanol–water partition coefficient (Wildman–Crippen LogP) is 1.65. The quantitative estimate of drug-likeness (QED) is 0.321. The Morgan fingerprint density at radius 3 is 2.56 bits per heavy atom. The number of rotatable bonds is 9. The first-order chi connectivity index (χ1) is 11.6. The topological polar surface area (TPSA) is 145 Å². The molecule has 1 aliphatic heterocycles. The maximum absolute atomic E-state index is 13.1. The Morgan fingerprint density at radius 2 is 1.88 bits per heavy atom. The molecule has 12 heteroatoms. The molecule has 0 saturated heterocycles. The Morgan fingerprint density at radius 1 is 1.24 bits per heavy atom. The molecular formula is C13H22F2N5O4P. The molecule has 0 radical (unpaired) electrons. The minimum Gasteiger partial charge on any atom is -0.369 e. The number of unbranched alkanes of at least 4 members (excludes halogenated alkanes) is 4. The Hall–Kier alpha value is -1.71. The number of fused-ring (bicyclic) bond motifs is 1. The molecule has 6 N–H and O–H groups in total. The smallest absolute Gasteiger partial charge is 0.369 e. The normalized spacial score (nSPS) is 14.5. The van der Waals surface area contributed by atoms with Gasteiger partial charge in [0.05, 0.1) is 6.67 Å². The van der Waals surface area contributed by atoms with E-state index < -0.39 is 19.7 Å². The number of nitrogen functional groups attached to an aromatic ring is 1. The average molecular weight is 381 g/mol. The maximum Gasteiger partial charge on any atom is 0.394 e. The molecule has 0 saturated carbocycles. The summed E-state index contributed by atoms with van der Waals surface area (Å²) in [5, 5.41) is 2.94. The standard InChI is InChI=1S/C13H22F2N5O4P/c14-13(15,25(22,23)24)6-4-2-1-3-5-7-20-8-17-9-10(20)18-12(16)19-11(9)21/h17H,1-8H2,(H2,22,23,24)(H3,16,18,19,21). The number of nitrogens with two attached hydrogens (primary N) is 1.